The Morgan fingerprint density at radius 3 is 2.38 bits per heavy atom. The van der Waals surface area contributed by atoms with Crippen molar-refractivity contribution in [1.82, 2.24) is 20.6 Å². The highest BCUT2D eigenvalue weighted by Gasteiger charge is 2.24. The second-order valence-corrected chi connectivity index (χ2v) is 9.59. The molecular formula is C22H34N4O2S. The summed E-state index contributed by atoms with van der Waals surface area (Å²) in [5.74, 6) is 1.68. The molecule has 0 aliphatic heterocycles. The van der Waals surface area contributed by atoms with Gasteiger partial charge in [-0.1, -0.05) is 32.1 Å². The highest BCUT2D eigenvalue weighted by atomic mass is 32.2. The van der Waals surface area contributed by atoms with Crippen LogP contribution in [0.4, 0.5) is 0 Å². The maximum absolute atomic E-state index is 12.6. The smallest absolute Gasteiger partial charge is 0.254 e. The lowest BCUT2D eigenvalue weighted by atomic mass is 9.99. The van der Waals surface area contributed by atoms with Crippen molar-refractivity contribution in [2.24, 2.45) is 5.92 Å². The second-order valence-electron chi connectivity index (χ2n) is 8.30. The van der Waals surface area contributed by atoms with Gasteiger partial charge in [0.05, 0.1) is 11.3 Å². The summed E-state index contributed by atoms with van der Waals surface area (Å²) < 4.78 is 0. The quantitative estimate of drug-likeness (QED) is 0.686. The van der Waals surface area contributed by atoms with Crippen molar-refractivity contribution in [2.75, 3.05) is 7.05 Å². The van der Waals surface area contributed by atoms with Gasteiger partial charge in [-0.25, -0.2) is 9.97 Å². The Morgan fingerprint density at radius 2 is 1.69 bits per heavy atom. The van der Waals surface area contributed by atoms with Crippen LogP contribution in [-0.4, -0.2) is 40.1 Å². The summed E-state index contributed by atoms with van der Waals surface area (Å²) in [6, 6.07) is 0.114. The van der Waals surface area contributed by atoms with Crippen molar-refractivity contribution in [3.63, 3.8) is 0 Å². The standard InChI is InChI=1S/C22H34N4O2S/c1-23-21(27)16-7-6-8-18(12-11-16)26-22(28)17-13-24-20(25-14-17)15-29-19-9-4-2-3-5-10-19/h13-14,16,18-19H,2-12,15H2,1H3,(H,23,27)(H,26,28). The van der Waals surface area contributed by atoms with E-state index in [0.717, 1.165) is 48.9 Å². The van der Waals surface area contributed by atoms with Crippen LogP contribution in [-0.2, 0) is 10.5 Å². The molecule has 3 rings (SSSR count). The molecule has 2 aliphatic carbocycles. The van der Waals surface area contributed by atoms with Crippen LogP contribution in [0.1, 0.15) is 86.8 Å². The van der Waals surface area contributed by atoms with E-state index in [9.17, 15) is 9.59 Å². The number of thioether (sulfide) groups is 1. The molecule has 0 spiro atoms. The minimum atomic E-state index is -0.114. The highest BCUT2D eigenvalue weighted by Crippen LogP contribution is 2.29. The lowest BCUT2D eigenvalue weighted by Gasteiger charge is -2.16. The van der Waals surface area contributed by atoms with Gasteiger partial charge in [0.25, 0.3) is 5.91 Å². The summed E-state index contributed by atoms with van der Waals surface area (Å²) >= 11 is 1.95. The Morgan fingerprint density at radius 1 is 0.966 bits per heavy atom. The summed E-state index contributed by atoms with van der Waals surface area (Å²) in [4.78, 5) is 33.3. The lowest BCUT2D eigenvalue weighted by molar-refractivity contribution is -0.124. The van der Waals surface area contributed by atoms with Gasteiger partial charge in [0.15, 0.2) is 0 Å². The third-order valence-corrected chi connectivity index (χ3v) is 7.51. The number of hydrogen-bond donors (Lipinski definition) is 2. The second kappa shape index (κ2) is 11.5. The van der Waals surface area contributed by atoms with Crippen molar-refractivity contribution in [3.8, 4) is 0 Å². The molecule has 1 heterocycles. The fourth-order valence-corrected chi connectivity index (χ4v) is 5.53. The average Bonchev–Trinajstić information content (AvgIpc) is 3.15. The number of amides is 2. The summed E-state index contributed by atoms with van der Waals surface area (Å²) in [5.41, 5.74) is 0.514. The van der Waals surface area contributed by atoms with Crippen LogP contribution in [0, 0.1) is 5.92 Å². The molecule has 2 fully saturated rings. The van der Waals surface area contributed by atoms with E-state index < -0.39 is 0 Å². The maximum Gasteiger partial charge on any atom is 0.254 e. The molecule has 2 amide bonds. The minimum absolute atomic E-state index is 0.0653. The van der Waals surface area contributed by atoms with Crippen LogP contribution in [0.3, 0.4) is 0 Å². The zero-order valence-corrected chi connectivity index (χ0v) is 18.3. The minimum Gasteiger partial charge on any atom is -0.359 e. The molecule has 7 heteroatoms. The monoisotopic (exact) mass is 418 g/mol. The zero-order valence-electron chi connectivity index (χ0n) is 17.5. The van der Waals surface area contributed by atoms with E-state index in [4.69, 9.17) is 0 Å². The lowest BCUT2D eigenvalue weighted by Crippen LogP contribution is -2.35. The first kappa shape index (κ1) is 22.1. The van der Waals surface area contributed by atoms with E-state index in [0.29, 0.717) is 5.56 Å². The van der Waals surface area contributed by atoms with E-state index in [-0.39, 0.29) is 23.8 Å². The van der Waals surface area contributed by atoms with Gasteiger partial charge in [0.1, 0.15) is 5.82 Å². The number of hydrogen-bond acceptors (Lipinski definition) is 5. The van der Waals surface area contributed by atoms with Crippen LogP contribution in [0.5, 0.6) is 0 Å². The van der Waals surface area contributed by atoms with Crippen LogP contribution in [0.25, 0.3) is 0 Å². The fourth-order valence-electron chi connectivity index (χ4n) is 4.33. The van der Waals surface area contributed by atoms with Gasteiger partial charge in [-0.15, -0.1) is 0 Å². The van der Waals surface area contributed by atoms with Crippen molar-refractivity contribution >= 4 is 23.6 Å². The van der Waals surface area contributed by atoms with E-state index in [1.165, 1.54) is 38.5 Å². The third-order valence-electron chi connectivity index (χ3n) is 6.14. The van der Waals surface area contributed by atoms with Gasteiger partial charge in [-0.2, -0.15) is 11.8 Å². The van der Waals surface area contributed by atoms with E-state index in [1.54, 1.807) is 19.4 Å². The average molecular weight is 419 g/mol. The third kappa shape index (κ3) is 6.98. The normalized spacial score (nSPS) is 23.6. The van der Waals surface area contributed by atoms with E-state index >= 15 is 0 Å². The first-order chi connectivity index (χ1) is 14.2. The first-order valence-corrected chi connectivity index (χ1v) is 12.2. The van der Waals surface area contributed by atoms with Crippen molar-refractivity contribution in [3.05, 3.63) is 23.8 Å². The molecule has 0 aromatic carbocycles. The number of rotatable bonds is 6. The van der Waals surface area contributed by atoms with Gasteiger partial charge in [0, 0.05) is 36.7 Å². The molecule has 0 saturated heterocycles. The van der Waals surface area contributed by atoms with Gasteiger partial charge in [-0.3, -0.25) is 9.59 Å². The highest BCUT2D eigenvalue weighted by molar-refractivity contribution is 7.99. The molecule has 1 aromatic heterocycles. The molecular weight excluding hydrogens is 384 g/mol. The Labute approximate surface area is 178 Å². The molecule has 0 radical (unpaired) electrons. The van der Waals surface area contributed by atoms with Gasteiger partial charge in [-0.05, 0) is 38.5 Å². The molecule has 2 saturated carbocycles. The predicted octanol–water partition coefficient (Wildman–Crippen LogP) is 3.86. The van der Waals surface area contributed by atoms with E-state index in [2.05, 4.69) is 20.6 Å². The summed E-state index contributed by atoms with van der Waals surface area (Å²) in [6.07, 6.45) is 15.7. The van der Waals surface area contributed by atoms with Crippen molar-refractivity contribution in [2.45, 2.75) is 87.7 Å². The SMILES string of the molecule is CNC(=O)C1CCCC(NC(=O)c2cnc(CSC3CCCCCC3)nc2)CC1. The molecule has 1 aromatic rings. The number of carbonyl (C=O) groups excluding carboxylic acids is 2. The van der Waals surface area contributed by atoms with Crippen LogP contribution in [0.2, 0.25) is 0 Å². The van der Waals surface area contributed by atoms with Crippen LogP contribution in [0.15, 0.2) is 12.4 Å². The van der Waals surface area contributed by atoms with E-state index in [1.807, 2.05) is 11.8 Å². The Bertz CT molecular complexity index is 659. The Balaban J connectivity index is 1.45. The molecule has 160 valence electrons. The largest absolute Gasteiger partial charge is 0.359 e. The summed E-state index contributed by atoms with van der Waals surface area (Å²) in [5, 5.41) is 6.57. The summed E-state index contributed by atoms with van der Waals surface area (Å²) in [7, 11) is 1.69. The summed E-state index contributed by atoms with van der Waals surface area (Å²) in [6.45, 7) is 0. The Kier molecular flexibility index (Phi) is 8.77. The number of carbonyl (C=O) groups is 2. The topological polar surface area (TPSA) is 84.0 Å². The number of nitrogens with one attached hydrogen (secondary N) is 2. The maximum atomic E-state index is 12.6. The molecule has 6 nitrogen and oxygen atoms in total. The first-order valence-electron chi connectivity index (χ1n) is 11.1. The number of aromatic nitrogens is 2. The molecule has 0 bridgehead atoms. The zero-order chi connectivity index (χ0) is 20.5. The molecule has 2 N–H and O–H groups in total. The molecule has 2 aliphatic rings. The molecule has 2 unspecified atom stereocenters. The Hall–Kier alpha value is -1.63. The van der Waals surface area contributed by atoms with Crippen LogP contribution >= 0.6 is 11.8 Å². The van der Waals surface area contributed by atoms with Crippen LogP contribution < -0.4 is 10.6 Å². The van der Waals surface area contributed by atoms with Crippen molar-refractivity contribution in [1.29, 1.82) is 0 Å². The fraction of sp³-hybridized carbons (Fsp3) is 0.727. The molecule has 2 atom stereocenters. The van der Waals surface area contributed by atoms with Gasteiger partial charge >= 0.3 is 0 Å². The predicted molar refractivity (Wildman–Crippen MR) is 117 cm³/mol. The van der Waals surface area contributed by atoms with Gasteiger partial charge < -0.3 is 10.6 Å². The van der Waals surface area contributed by atoms with Gasteiger partial charge in [0.2, 0.25) is 5.91 Å². The van der Waals surface area contributed by atoms with Crippen molar-refractivity contribution < 1.29 is 9.59 Å². The molecule has 29 heavy (non-hydrogen) atoms. The number of nitrogens with zero attached hydrogens (tertiary/aromatic N) is 2.